The Kier molecular flexibility index (Phi) is 5.52. The normalized spacial score (nSPS) is 13.6. The molecule has 0 aliphatic heterocycles. The number of sulfonamides is 1. The molecule has 0 saturated heterocycles. The molecule has 0 fully saturated rings. The minimum Gasteiger partial charge on any atom is -0.329 e. The standard InChI is InChI=1S/C11H16ClFN2O2S/c1-2-3-9(7-14)15-18(16,17)11-5-4-8(13)6-10(11)12/h4-6,9,15H,2-3,7,14H2,1H3. The van der Waals surface area contributed by atoms with Crippen LogP contribution in [0.5, 0.6) is 0 Å². The second-order valence-corrected chi connectivity index (χ2v) is 6.01. The Bertz CT molecular complexity index is 508. The zero-order valence-corrected chi connectivity index (χ0v) is 11.6. The van der Waals surface area contributed by atoms with Crippen molar-refractivity contribution in [2.45, 2.75) is 30.7 Å². The average molecular weight is 295 g/mol. The van der Waals surface area contributed by atoms with E-state index in [0.29, 0.717) is 6.42 Å². The van der Waals surface area contributed by atoms with E-state index < -0.39 is 15.8 Å². The molecule has 1 unspecified atom stereocenters. The highest BCUT2D eigenvalue weighted by Crippen LogP contribution is 2.22. The van der Waals surface area contributed by atoms with Crippen molar-refractivity contribution in [1.29, 1.82) is 0 Å². The molecule has 0 aliphatic rings. The summed E-state index contributed by atoms with van der Waals surface area (Å²) < 4.78 is 39.4. The Labute approximate surface area is 111 Å². The largest absolute Gasteiger partial charge is 0.329 e. The number of hydrogen-bond acceptors (Lipinski definition) is 3. The van der Waals surface area contributed by atoms with Gasteiger partial charge in [0.05, 0.1) is 5.02 Å². The molecule has 0 aliphatic carbocycles. The van der Waals surface area contributed by atoms with E-state index >= 15 is 0 Å². The predicted molar refractivity (Wildman–Crippen MR) is 69.5 cm³/mol. The van der Waals surface area contributed by atoms with Crippen LogP contribution in [0.4, 0.5) is 4.39 Å². The van der Waals surface area contributed by atoms with Gasteiger partial charge in [-0.3, -0.25) is 0 Å². The van der Waals surface area contributed by atoms with Crippen molar-refractivity contribution in [3.8, 4) is 0 Å². The van der Waals surface area contributed by atoms with Crippen LogP contribution in [0.15, 0.2) is 23.1 Å². The molecule has 1 atom stereocenters. The van der Waals surface area contributed by atoms with Crippen molar-refractivity contribution in [1.82, 2.24) is 4.72 Å². The number of hydrogen-bond donors (Lipinski definition) is 2. The molecule has 18 heavy (non-hydrogen) atoms. The van der Waals surface area contributed by atoms with Crippen molar-refractivity contribution in [2.24, 2.45) is 5.73 Å². The van der Waals surface area contributed by atoms with E-state index in [2.05, 4.69) is 4.72 Å². The van der Waals surface area contributed by atoms with Gasteiger partial charge in [0, 0.05) is 12.6 Å². The minimum absolute atomic E-state index is 0.139. The first-order valence-electron chi connectivity index (χ1n) is 5.58. The highest BCUT2D eigenvalue weighted by atomic mass is 35.5. The maximum absolute atomic E-state index is 12.9. The molecule has 0 bridgehead atoms. The fraction of sp³-hybridized carbons (Fsp3) is 0.455. The van der Waals surface area contributed by atoms with Gasteiger partial charge in [-0.2, -0.15) is 0 Å². The molecule has 0 heterocycles. The Balaban J connectivity index is 2.99. The molecule has 0 saturated carbocycles. The summed E-state index contributed by atoms with van der Waals surface area (Å²) in [7, 11) is -3.77. The summed E-state index contributed by atoms with van der Waals surface area (Å²) in [6, 6.07) is 2.81. The van der Waals surface area contributed by atoms with Crippen LogP contribution in [0, 0.1) is 5.82 Å². The van der Waals surface area contributed by atoms with Crippen LogP contribution in [0.2, 0.25) is 5.02 Å². The fourth-order valence-corrected chi connectivity index (χ4v) is 3.36. The van der Waals surface area contributed by atoms with Crippen LogP contribution in [0.1, 0.15) is 19.8 Å². The SMILES string of the molecule is CCCC(CN)NS(=O)(=O)c1ccc(F)cc1Cl. The summed E-state index contributed by atoms with van der Waals surface area (Å²) in [5.41, 5.74) is 5.49. The molecule has 4 nitrogen and oxygen atoms in total. The van der Waals surface area contributed by atoms with E-state index in [0.717, 1.165) is 24.6 Å². The summed E-state index contributed by atoms with van der Waals surface area (Å²) in [5, 5.41) is -0.144. The van der Waals surface area contributed by atoms with Gasteiger partial charge in [0.2, 0.25) is 10.0 Å². The predicted octanol–water partition coefficient (Wildman–Crippen LogP) is 1.88. The first-order chi connectivity index (χ1) is 8.40. The van der Waals surface area contributed by atoms with Gasteiger partial charge in [0.1, 0.15) is 10.7 Å². The first kappa shape index (κ1) is 15.4. The third-order valence-corrected chi connectivity index (χ3v) is 4.43. The highest BCUT2D eigenvalue weighted by Gasteiger charge is 2.21. The second kappa shape index (κ2) is 6.47. The Morgan fingerprint density at radius 3 is 2.67 bits per heavy atom. The van der Waals surface area contributed by atoms with E-state index in [9.17, 15) is 12.8 Å². The molecular weight excluding hydrogens is 279 g/mol. The monoisotopic (exact) mass is 294 g/mol. The van der Waals surface area contributed by atoms with Gasteiger partial charge in [-0.05, 0) is 24.6 Å². The van der Waals surface area contributed by atoms with Crippen LogP contribution in [0.3, 0.4) is 0 Å². The van der Waals surface area contributed by atoms with E-state index in [1.165, 1.54) is 0 Å². The van der Waals surface area contributed by atoms with Crippen molar-refractivity contribution in [3.63, 3.8) is 0 Å². The summed E-state index contributed by atoms with van der Waals surface area (Å²) in [6.45, 7) is 2.13. The first-order valence-corrected chi connectivity index (χ1v) is 7.44. The lowest BCUT2D eigenvalue weighted by Crippen LogP contribution is -2.40. The number of halogens is 2. The lowest BCUT2D eigenvalue weighted by Gasteiger charge is -2.16. The summed E-state index contributed by atoms with van der Waals surface area (Å²) in [6.07, 6.45) is 1.44. The second-order valence-electron chi connectivity index (χ2n) is 3.92. The number of nitrogens with two attached hydrogens (primary N) is 1. The van der Waals surface area contributed by atoms with Gasteiger partial charge in [0.15, 0.2) is 0 Å². The molecule has 1 aromatic carbocycles. The lowest BCUT2D eigenvalue weighted by atomic mass is 10.2. The van der Waals surface area contributed by atoms with Gasteiger partial charge >= 0.3 is 0 Å². The minimum atomic E-state index is -3.77. The van der Waals surface area contributed by atoms with Crippen LogP contribution in [0.25, 0.3) is 0 Å². The lowest BCUT2D eigenvalue weighted by molar-refractivity contribution is 0.527. The molecule has 0 aromatic heterocycles. The van der Waals surface area contributed by atoms with E-state index in [4.69, 9.17) is 17.3 Å². The Morgan fingerprint density at radius 2 is 2.17 bits per heavy atom. The molecule has 0 spiro atoms. The van der Waals surface area contributed by atoms with Crippen LogP contribution in [-0.4, -0.2) is 21.0 Å². The van der Waals surface area contributed by atoms with Crippen molar-refractivity contribution < 1.29 is 12.8 Å². The number of nitrogens with one attached hydrogen (secondary N) is 1. The van der Waals surface area contributed by atoms with Gasteiger partial charge in [0.25, 0.3) is 0 Å². The maximum atomic E-state index is 12.9. The van der Waals surface area contributed by atoms with Crippen molar-refractivity contribution in [2.75, 3.05) is 6.54 Å². The molecule has 7 heteroatoms. The number of benzene rings is 1. The molecule has 0 amide bonds. The van der Waals surface area contributed by atoms with Crippen LogP contribution >= 0.6 is 11.6 Å². The summed E-state index contributed by atoms with van der Waals surface area (Å²) in [4.78, 5) is -0.139. The summed E-state index contributed by atoms with van der Waals surface area (Å²) in [5.74, 6) is -0.581. The van der Waals surface area contributed by atoms with Gasteiger partial charge < -0.3 is 5.73 Å². The summed E-state index contributed by atoms with van der Waals surface area (Å²) >= 11 is 5.73. The molecule has 0 radical (unpaired) electrons. The topological polar surface area (TPSA) is 72.2 Å². The van der Waals surface area contributed by atoms with Crippen LogP contribution < -0.4 is 10.5 Å². The quantitative estimate of drug-likeness (QED) is 0.841. The molecular formula is C11H16ClFN2O2S. The van der Waals surface area contributed by atoms with Crippen molar-refractivity contribution in [3.05, 3.63) is 29.0 Å². The van der Waals surface area contributed by atoms with E-state index in [1.807, 2.05) is 6.92 Å². The fourth-order valence-electron chi connectivity index (χ4n) is 1.55. The zero-order chi connectivity index (χ0) is 13.8. The maximum Gasteiger partial charge on any atom is 0.242 e. The smallest absolute Gasteiger partial charge is 0.242 e. The molecule has 1 aromatic rings. The van der Waals surface area contributed by atoms with Gasteiger partial charge in [-0.25, -0.2) is 17.5 Å². The zero-order valence-electron chi connectivity index (χ0n) is 9.99. The van der Waals surface area contributed by atoms with Crippen LogP contribution in [-0.2, 0) is 10.0 Å². The Morgan fingerprint density at radius 1 is 1.50 bits per heavy atom. The third kappa shape index (κ3) is 3.91. The highest BCUT2D eigenvalue weighted by molar-refractivity contribution is 7.89. The molecule has 1 rings (SSSR count). The molecule has 3 N–H and O–H groups in total. The van der Waals surface area contributed by atoms with E-state index in [1.54, 1.807) is 0 Å². The van der Waals surface area contributed by atoms with Crippen molar-refractivity contribution >= 4 is 21.6 Å². The van der Waals surface area contributed by atoms with E-state index in [-0.39, 0.29) is 22.5 Å². The third-order valence-electron chi connectivity index (χ3n) is 2.43. The Hall–Kier alpha value is -0.690. The van der Waals surface area contributed by atoms with Gasteiger partial charge in [-0.15, -0.1) is 0 Å². The number of rotatable bonds is 6. The van der Waals surface area contributed by atoms with Gasteiger partial charge in [-0.1, -0.05) is 24.9 Å². The molecule has 102 valence electrons. The average Bonchev–Trinajstić information content (AvgIpc) is 2.27.